The van der Waals surface area contributed by atoms with Crippen LogP contribution < -0.4 is 0 Å². The van der Waals surface area contributed by atoms with Crippen molar-refractivity contribution >= 4 is 17.6 Å². The molecular formula is C14H13ClN4O2. The molecule has 0 spiro atoms. The molecule has 0 amide bonds. The maximum atomic E-state index is 10.6. The van der Waals surface area contributed by atoms with Gasteiger partial charge in [0.15, 0.2) is 5.15 Å². The number of aromatic amines is 2. The molecule has 3 N–H and O–H groups in total. The van der Waals surface area contributed by atoms with Crippen LogP contribution in [0.5, 0.6) is 0 Å². The normalized spacial score (nSPS) is 9.76. The van der Waals surface area contributed by atoms with Crippen molar-refractivity contribution < 1.29 is 9.90 Å². The summed E-state index contributed by atoms with van der Waals surface area (Å²) in [5.74, 6) is -0.355. The van der Waals surface area contributed by atoms with Crippen molar-refractivity contribution in [3.63, 3.8) is 0 Å². The van der Waals surface area contributed by atoms with E-state index in [1.54, 1.807) is 18.7 Å². The number of hydrogen-bond donors (Lipinski definition) is 3. The minimum absolute atomic E-state index is 0.154. The highest BCUT2D eigenvalue weighted by atomic mass is 35.5. The standard InChI is InChI=1S/C11H9ClN2O2.C3H4N2/c12-10-8(6-9(15)16)13-11(14-10)7-4-2-1-3-5-7;1-2-5-3-4-1/h1-5H,6H2,(H,13,14)(H,15,16);1-3H,(H,4,5). The number of rotatable bonds is 3. The Bertz CT molecular complexity index is 663. The van der Waals surface area contributed by atoms with Crippen molar-refractivity contribution in [2.75, 3.05) is 0 Å². The van der Waals surface area contributed by atoms with Gasteiger partial charge in [-0.15, -0.1) is 0 Å². The zero-order valence-corrected chi connectivity index (χ0v) is 11.7. The average Bonchev–Trinajstić information content (AvgIpc) is 3.14. The Morgan fingerprint density at radius 2 is 2.05 bits per heavy atom. The topological polar surface area (TPSA) is 94.7 Å². The van der Waals surface area contributed by atoms with Crippen LogP contribution in [0, 0.1) is 0 Å². The summed E-state index contributed by atoms with van der Waals surface area (Å²) >= 11 is 5.83. The van der Waals surface area contributed by atoms with Crippen LogP contribution in [0.3, 0.4) is 0 Å². The number of carboxylic acid groups (broad SMARTS) is 1. The minimum atomic E-state index is -0.940. The number of nitrogens with one attached hydrogen (secondary N) is 2. The van der Waals surface area contributed by atoms with E-state index in [1.165, 1.54) is 0 Å². The molecule has 0 saturated heterocycles. The molecule has 0 aliphatic heterocycles. The Morgan fingerprint density at radius 3 is 2.57 bits per heavy atom. The molecular weight excluding hydrogens is 292 g/mol. The number of hydrogen-bond acceptors (Lipinski definition) is 3. The number of halogens is 1. The number of imidazole rings is 2. The highest BCUT2D eigenvalue weighted by Crippen LogP contribution is 2.21. The van der Waals surface area contributed by atoms with E-state index in [9.17, 15) is 4.79 Å². The first-order valence-corrected chi connectivity index (χ1v) is 6.49. The summed E-state index contributed by atoms with van der Waals surface area (Å²) in [5.41, 5.74) is 1.30. The molecule has 0 bridgehead atoms. The van der Waals surface area contributed by atoms with Crippen LogP contribution in [0.15, 0.2) is 49.1 Å². The van der Waals surface area contributed by atoms with Crippen LogP contribution >= 0.6 is 11.6 Å². The van der Waals surface area contributed by atoms with Crippen LogP contribution in [-0.4, -0.2) is 31.0 Å². The van der Waals surface area contributed by atoms with Gasteiger partial charge in [0.2, 0.25) is 0 Å². The zero-order valence-electron chi connectivity index (χ0n) is 11.0. The molecule has 0 atom stereocenters. The number of aliphatic carboxylic acids is 1. The molecule has 0 saturated carbocycles. The van der Waals surface area contributed by atoms with Gasteiger partial charge in [-0.1, -0.05) is 41.9 Å². The number of H-pyrrole nitrogens is 2. The monoisotopic (exact) mass is 304 g/mol. The number of carbonyl (C=O) groups is 1. The zero-order chi connectivity index (χ0) is 15.1. The highest BCUT2D eigenvalue weighted by molar-refractivity contribution is 6.30. The van der Waals surface area contributed by atoms with E-state index in [-0.39, 0.29) is 11.6 Å². The first-order valence-electron chi connectivity index (χ1n) is 6.11. The second-order valence-corrected chi connectivity index (χ2v) is 4.41. The molecule has 0 fully saturated rings. The van der Waals surface area contributed by atoms with Crippen molar-refractivity contribution in [1.29, 1.82) is 0 Å². The molecule has 0 unspecified atom stereocenters. The van der Waals surface area contributed by atoms with Gasteiger partial charge < -0.3 is 15.1 Å². The first-order chi connectivity index (χ1) is 10.2. The fourth-order valence-electron chi connectivity index (χ4n) is 1.60. The Morgan fingerprint density at radius 1 is 1.29 bits per heavy atom. The van der Waals surface area contributed by atoms with Gasteiger partial charge in [-0.25, -0.2) is 9.97 Å². The summed E-state index contributed by atoms with van der Waals surface area (Å²) in [6.45, 7) is 0. The van der Waals surface area contributed by atoms with E-state index >= 15 is 0 Å². The van der Waals surface area contributed by atoms with Gasteiger partial charge in [0.1, 0.15) is 5.82 Å². The van der Waals surface area contributed by atoms with Gasteiger partial charge in [0.25, 0.3) is 0 Å². The third kappa shape index (κ3) is 4.47. The number of nitrogens with zero attached hydrogens (tertiary/aromatic N) is 2. The summed E-state index contributed by atoms with van der Waals surface area (Å²) in [4.78, 5) is 24.0. The van der Waals surface area contributed by atoms with Crippen molar-refractivity contribution in [3.05, 3.63) is 59.9 Å². The maximum absolute atomic E-state index is 10.6. The predicted octanol–water partition coefficient (Wildman–Crippen LogP) is 2.77. The van der Waals surface area contributed by atoms with Gasteiger partial charge in [-0.05, 0) is 0 Å². The van der Waals surface area contributed by atoms with E-state index in [0.29, 0.717) is 11.5 Å². The Balaban J connectivity index is 0.000000272. The molecule has 0 radical (unpaired) electrons. The molecule has 3 aromatic rings. The Hall–Kier alpha value is -2.60. The number of carboxylic acids is 1. The maximum Gasteiger partial charge on any atom is 0.309 e. The number of aromatic nitrogens is 4. The van der Waals surface area contributed by atoms with E-state index < -0.39 is 5.97 Å². The predicted molar refractivity (Wildman–Crippen MR) is 79.0 cm³/mol. The van der Waals surface area contributed by atoms with E-state index in [2.05, 4.69) is 19.9 Å². The van der Waals surface area contributed by atoms with Crippen molar-refractivity contribution in [1.82, 2.24) is 19.9 Å². The molecule has 0 aliphatic rings. The lowest BCUT2D eigenvalue weighted by molar-refractivity contribution is -0.136. The lowest BCUT2D eigenvalue weighted by Gasteiger charge is -1.94. The van der Waals surface area contributed by atoms with Gasteiger partial charge in [-0.2, -0.15) is 0 Å². The van der Waals surface area contributed by atoms with Crippen molar-refractivity contribution in [2.45, 2.75) is 6.42 Å². The SMILES string of the molecule is O=C(O)Cc1[nH]c(-c2ccccc2)nc1Cl.c1c[nH]cn1. The van der Waals surface area contributed by atoms with E-state index in [1.807, 2.05) is 30.3 Å². The summed E-state index contributed by atoms with van der Waals surface area (Å²) in [6.07, 6.45) is 4.93. The van der Waals surface area contributed by atoms with Crippen LogP contribution in [0.1, 0.15) is 5.69 Å². The summed E-state index contributed by atoms with van der Waals surface area (Å²) < 4.78 is 0. The van der Waals surface area contributed by atoms with Crippen LogP contribution in [0.25, 0.3) is 11.4 Å². The van der Waals surface area contributed by atoms with Gasteiger partial charge in [-0.3, -0.25) is 4.79 Å². The summed E-state index contributed by atoms with van der Waals surface area (Å²) in [7, 11) is 0. The highest BCUT2D eigenvalue weighted by Gasteiger charge is 2.12. The smallest absolute Gasteiger partial charge is 0.309 e. The second-order valence-electron chi connectivity index (χ2n) is 4.05. The van der Waals surface area contributed by atoms with Crippen molar-refractivity contribution in [2.24, 2.45) is 0 Å². The van der Waals surface area contributed by atoms with Crippen LogP contribution in [0.2, 0.25) is 5.15 Å². The molecule has 2 aromatic heterocycles. The van der Waals surface area contributed by atoms with Gasteiger partial charge in [0.05, 0.1) is 18.4 Å². The van der Waals surface area contributed by atoms with Crippen LogP contribution in [-0.2, 0) is 11.2 Å². The lowest BCUT2D eigenvalue weighted by Crippen LogP contribution is -2.00. The van der Waals surface area contributed by atoms with Gasteiger partial charge in [0, 0.05) is 18.0 Å². The molecule has 108 valence electrons. The molecule has 6 nitrogen and oxygen atoms in total. The fourth-order valence-corrected chi connectivity index (χ4v) is 1.80. The van der Waals surface area contributed by atoms with Crippen molar-refractivity contribution in [3.8, 4) is 11.4 Å². The Kier molecular flexibility index (Phi) is 5.11. The lowest BCUT2D eigenvalue weighted by atomic mass is 10.2. The quantitative estimate of drug-likeness (QED) is 0.693. The fraction of sp³-hybridized carbons (Fsp3) is 0.0714. The van der Waals surface area contributed by atoms with Crippen LogP contribution in [0.4, 0.5) is 0 Å². The average molecular weight is 305 g/mol. The third-order valence-corrected chi connectivity index (χ3v) is 2.82. The molecule has 1 aromatic carbocycles. The molecule has 3 rings (SSSR count). The first kappa shape index (κ1) is 14.8. The molecule has 2 heterocycles. The number of benzene rings is 1. The second kappa shape index (κ2) is 7.25. The molecule has 0 aliphatic carbocycles. The largest absolute Gasteiger partial charge is 0.481 e. The summed E-state index contributed by atoms with van der Waals surface area (Å²) in [6, 6.07) is 9.40. The van der Waals surface area contributed by atoms with E-state index in [4.69, 9.17) is 16.7 Å². The minimum Gasteiger partial charge on any atom is -0.481 e. The third-order valence-electron chi connectivity index (χ3n) is 2.51. The molecule has 7 heteroatoms. The Labute approximate surface area is 125 Å². The summed E-state index contributed by atoms with van der Waals surface area (Å²) in [5, 5.41) is 8.87. The van der Waals surface area contributed by atoms with Gasteiger partial charge >= 0.3 is 5.97 Å². The molecule has 21 heavy (non-hydrogen) atoms. The van der Waals surface area contributed by atoms with E-state index in [0.717, 1.165) is 5.56 Å².